The average molecular weight is 637 g/mol. The second-order valence-electron chi connectivity index (χ2n) is 11.8. The molecule has 4 heterocycles. The molecule has 0 spiro atoms. The molecule has 3 aromatic carbocycles. The third kappa shape index (κ3) is 6.13. The summed E-state index contributed by atoms with van der Waals surface area (Å²) in [6.07, 6.45) is -0.145. The number of benzene rings is 3. The molecule has 0 radical (unpaired) electrons. The Kier molecular flexibility index (Phi) is 7.95. The van der Waals surface area contributed by atoms with Gasteiger partial charge >= 0.3 is 6.18 Å². The fraction of sp³-hybridized carbons (Fsp3) is 0.353. The van der Waals surface area contributed by atoms with Crippen LogP contribution in [0.4, 0.5) is 19.0 Å². The predicted molar refractivity (Wildman–Crippen MR) is 167 cm³/mol. The molecule has 1 aromatic heterocycles. The first-order chi connectivity index (χ1) is 21.7. The number of fused-ring (bicyclic) bond motifs is 2. The van der Waals surface area contributed by atoms with Gasteiger partial charge in [0.05, 0.1) is 16.6 Å². The summed E-state index contributed by atoms with van der Waals surface area (Å²) in [4.78, 5) is 23.7. The number of hydrogen-bond acceptors (Lipinski definition) is 6. The monoisotopic (exact) mass is 636 g/mol. The molecule has 3 aliphatic rings. The Labute approximate surface area is 263 Å². The largest absolute Gasteiger partial charge is 0.454 e. The topological polar surface area (TPSA) is 66.9 Å². The highest BCUT2D eigenvalue weighted by atomic mass is 35.5. The number of carbonyl (C=O) groups is 1. The molecule has 0 unspecified atom stereocenters. The van der Waals surface area contributed by atoms with Crippen LogP contribution in [0.25, 0.3) is 22.0 Å². The van der Waals surface area contributed by atoms with E-state index in [1.807, 2.05) is 29.2 Å². The van der Waals surface area contributed by atoms with E-state index in [1.54, 1.807) is 12.1 Å². The van der Waals surface area contributed by atoms with Gasteiger partial charge in [-0.15, -0.1) is 0 Å². The molecule has 7 nitrogen and oxygen atoms in total. The first-order valence-electron chi connectivity index (χ1n) is 15.2. The number of likely N-dealkylation sites (tertiary alicyclic amines) is 2. The van der Waals surface area contributed by atoms with Crippen LogP contribution in [0, 0.1) is 0 Å². The van der Waals surface area contributed by atoms with Crippen molar-refractivity contribution >= 4 is 34.2 Å². The molecule has 1 atom stereocenters. The lowest BCUT2D eigenvalue weighted by Gasteiger charge is -2.29. The van der Waals surface area contributed by atoms with E-state index in [0.29, 0.717) is 50.9 Å². The third-order valence-corrected chi connectivity index (χ3v) is 9.07. The first-order valence-corrected chi connectivity index (χ1v) is 15.6. The average Bonchev–Trinajstić information content (AvgIpc) is 3.81. The van der Waals surface area contributed by atoms with Crippen molar-refractivity contribution in [2.75, 3.05) is 38.3 Å². The predicted octanol–water partition coefficient (Wildman–Crippen LogP) is 7.62. The number of ether oxygens (including phenoxy) is 2. The summed E-state index contributed by atoms with van der Waals surface area (Å²) < 4.78 is 50.4. The summed E-state index contributed by atoms with van der Waals surface area (Å²) in [7, 11) is 0. The highest BCUT2D eigenvalue weighted by Crippen LogP contribution is 2.40. The molecule has 2 fully saturated rings. The lowest BCUT2D eigenvalue weighted by molar-refractivity contribution is -0.137. The van der Waals surface area contributed by atoms with Crippen molar-refractivity contribution in [1.29, 1.82) is 0 Å². The van der Waals surface area contributed by atoms with E-state index in [1.165, 1.54) is 25.0 Å². The van der Waals surface area contributed by atoms with Crippen LogP contribution in [0.15, 0.2) is 60.7 Å². The van der Waals surface area contributed by atoms with Crippen LogP contribution in [-0.2, 0) is 12.7 Å². The molecule has 1 N–H and O–H groups in total. The van der Waals surface area contributed by atoms with Gasteiger partial charge < -0.3 is 24.6 Å². The Bertz CT molecular complexity index is 1740. The number of alkyl halides is 3. The maximum Gasteiger partial charge on any atom is 0.416 e. The SMILES string of the molecule is O=C(c1cc(NCc2ccc(C(F)(F)F)cc2)nc2c(-c3ccc4c(c3)OCO4)cc(Cl)cc12)N1CCC[C@H]1CN1CCCC1. The number of amides is 1. The second kappa shape index (κ2) is 12.1. The molecule has 4 aromatic rings. The van der Waals surface area contributed by atoms with Crippen LogP contribution in [-0.4, -0.2) is 59.7 Å². The molecule has 1 amide bonds. The van der Waals surface area contributed by atoms with Crippen LogP contribution < -0.4 is 14.8 Å². The number of halogens is 4. The number of anilines is 1. The molecular formula is C34H32ClF3N4O3. The van der Waals surface area contributed by atoms with E-state index in [4.69, 9.17) is 26.1 Å². The number of aromatic nitrogens is 1. The molecule has 45 heavy (non-hydrogen) atoms. The zero-order valence-corrected chi connectivity index (χ0v) is 25.3. The minimum absolute atomic E-state index is 0.0828. The van der Waals surface area contributed by atoms with Crippen molar-refractivity contribution in [3.63, 3.8) is 0 Å². The van der Waals surface area contributed by atoms with Gasteiger partial charge in [-0.25, -0.2) is 4.98 Å². The van der Waals surface area contributed by atoms with Crippen molar-refractivity contribution in [2.45, 2.75) is 44.4 Å². The molecule has 2 saturated heterocycles. The van der Waals surface area contributed by atoms with E-state index in [-0.39, 0.29) is 25.3 Å². The Morgan fingerprint density at radius 1 is 0.956 bits per heavy atom. The summed E-state index contributed by atoms with van der Waals surface area (Å²) in [5, 5.41) is 4.35. The lowest BCUT2D eigenvalue weighted by atomic mass is 9.98. The van der Waals surface area contributed by atoms with Crippen LogP contribution in [0.3, 0.4) is 0 Å². The highest BCUT2D eigenvalue weighted by molar-refractivity contribution is 6.32. The zero-order valence-electron chi connectivity index (χ0n) is 24.5. The zero-order chi connectivity index (χ0) is 31.1. The number of pyridine rings is 1. The van der Waals surface area contributed by atoms with Crippen molar-refractivity contribution in [3.05, 3.63) is 82.4 Å². The Morgan fingerprint density at radius 3 is 2.51 bits per heavy atom. The number of hydrogen-bond donors (Lipinski definition) is 1. The normalized spacial score (nSPS) is 18.2. The summed E-state index contributed by atoms with van der Waals surface area (Å²) >= 11 is 6.68. The number of nitrogens with zero attached hydrogens (tertiary/aromatic N) is 3. The molecule has 0 aliphatic carbocycles. The molecule has 3 aliphatic heterocycles. The molecule has 234 valence electrons. The summed E-state index contributed by atoms with van der Waals surface area (Å²) in [6.45, 7) is 4.01. The second-order valence-corrected chi connectivity index (χ2v) is 12.3. The third-order valence-electron chi connectivity index (χ3n) is 8.85. The maximum absolute atomic E-state index is 14.4. The van der Waals surface area contributed by atoms with Gasteiger partial charge in [-0.1, -0.05) is 29.8 Å². The molecule has 7 rings (SSSR count). The minimum Gasteiger partial charge on any atom is -0.454 e. The van der Waals surface area contributed by atoms with E-state index < -0.39 is 11.7 Å². The fourth-order valence-electron chi connectivity index (χ4n) is 6.56. The fourth-order valence-corrected chi connectivity index (χ4v) is 6.78. The van der Waals surface area contributed by atoms with Gasteiger partial charge in [-0.2, -0.15) is 13.2 Å². The Hall–Kier alpha value is -4.02. The quantitative estimate of drug-likeness (QED) is 0.225. The van der Waals surface area contributed by atoms with Gasteiger partial charge in [0.25, 0.3) is 5.91 Å². The van der Waals surface area contributed by atoms with Gasteiger partial charge in [0, 0.05) is 41.6 Å². The minimum atomic E-state index is -4.41. The van der Waals surface area contributed by atoms with Gasteiger partial charge in [-0.3, -0.25) is 4.79 Å². The van der Waals surface area contributed by atoms with Crippen LogP contribution in [0.2, 0.25) is 5.02 Å². The van der Waals surface area contributed by atoms with Crippen molar-refractivity contribution < 1.29 is 27.4 Å². The maximum atomic E-state index is 14.4. The van der Waals surface area contributed by atoms with Gasteiger partial charge in [0.2, 0.25) is 6.79 Å². The van der Waals surface area contributed by atoms with E-state index in [0.717, 1.165) is 55.7 Å². The molecular weight excluding hydrogens is 605 g/mol. The van der Waals surface area contributed by atoms with Crippen molar-refractivity contribution in [1.82, 2.24) is 14.8 Å². The Balaban J connectivity index is 1.28. The first kappa shape index (κ1) is 29.7. The van der Waals surface area contributed by atoms with Crippen molar-refractivity contribution in [2.24, 2.45) is 0 Å². The number of rotatable bonds is 7. The number of carbonyl (C=O) groups excluding carboxylic acids is 1. The molecule has 0 bridgehead atoms. The number of nitrogens with one attached hydrogen (secondary N) is 1. The van der Waals surface area contributed by atoms with Crippen LogP contribution in [0.1, 0.15) is 47.2 Å². The van der Waals surface area contributed by atoms with Crippen molar-refractivity contribution in [3.8, 4) is 22.6 Å². The highest BCUT2D eigenvalue weighted by Gasteiger charge is 2.33. The standard InChI is InChI=1S/C34H32ClF3N4O3/c35-24-15-26(22-7-10-29-30(14-22)45-20-44-29)32-27(16-24)28(33(43)42-13-3-4-25(42)19-41-11-1-2-12-41)17-31(40-32)39-18-21-5-8-23(9-6-21)34(36,37)38/h5-10,14-17,25H,1-4,11-13,18-20H2,(H,39,40)/t25-/m0/s1. The van der Waals surface area contributed by atoms with Gasteiger partial charge in [-0.05, 0) is 92.4 Å². The molecule has 0 saturated carbocycles. The van der Waals surface area contributed by atoms with E-state index >= 15 is 0 Å². The summed E-state index contributed by atoms with van der Waals surface area (Å²) in [6, 6.07) is 16.0. The Morgan fingerprint density at radius 2 is 1.73 bits per heavy atom. The van der Waals surface area contributed by atoms with Gasteiger partial charge in [0.1, 0.15) is 5.82 Å². The van der Waals surface area contributed by atoms with Gasteiger partial charge in [0.15, 0.2) is 11.5 Å². The van der Waals surface area contributed by atoms with E-state index in [2.05, 4.69) is 10.2 Å². The smallest absolute Gasteiger partial charge is 0.416 e. The summed E-state index contributed by atoms with van der Waals surface area (Å²) in [5.74, 6) is 1.60. The van der Waals surface area contributed by atoms with Crippen LogP contribution in [0.5, 0.6) is 11.5 Å². The molecule has 11 heteroatoms. The summed E-state index contributed by atoms with van der Waals surface area (Å²) in [5.41, 5.74) is 2.52. The van der Waals surface area contributed by atoms with E-state index in [9.17, 15) is 18.0 Å². The van der Waals surface area contributed by atoms with Crippen LogP contribution >= 0.6 is 11.6 Å². The lowest BCUT2D eigenvalue weighted by Crippen LogP contribution is -2.42.